The Morgan fingerprint density at radius 2 is 2.17 bits per heavy atom. The summed E-state index contributed by atoms with van der Waals surface area (Å²) >= 11 is 8.96. The van der Waals surface area contributed by atoms with Crippen LogP contribution in [0.1, 0.15) is 34.7 Å². The third-order valence-corrected chi connectivity index (χ3v) is 5.51. The van der Waals surface area contributed by atoms with E-state index in [9.17, 15) is 5.11 Å². The molecule has 0 aliphatic carbocycles. The molecule has 23 heavy (non-hydrogen) atoms. The van der Waals surface area contributed by atoms with Gasteiger partial charge in [0.25, 0.3) is 0 Å². The molecule has 3 N–H and O–H groups in total. The van der Waals surface area contributed by atoms with E-state index in [0.29, 0.717) is 23.4 Å². The molecule has 2 rings (SSSR count). The summed E-state index contributed by atoms with van der Waals surface area (Å²) in [6.45, 7) is 5.78. The molecule has 0 spiro atoms. The first kappa shape index (κ1) is 18.2. The van der Waals surface area contributed by atoms with Crippen LogP contribution in [0.15, 0.2) is 23.3 Å². The van der Waals surface area contributed by atoms with E-state index >= 15 is 0 Å². The Hall–Kier alpha value is -1.15. The molecule has 0 bridgehead atoms. The van der Waals surface area contributed by atoms with Gasteiger partial charge >= 0.3 is 0 Å². The van der Waals surface area contributed by atoms with Crippen molar-refractivity contribution in [2.45, 2.75) is 32.9 Å². The fraction of sp³-hybridized carbons (Fsp3) is 0.467. The second kappa shape index (κ2) is 9.22. The van der Waals surface area contributed by atoms with E-state index in [4.69, 9.17) is 11.6 Å². The van der Waals surface area contributed by atoms with Crippen molar-refractivity contribution < 1.29 is 5.11 Å². The van der Waals surface area contributed by atoms with E-state index in [2.05, 4.69) is 27.5 Å². The molecule has 126 valence electrons. The normalized spacial score (nSPS) is 13.1. The summed E-state index contributed by atoms with van der Waals surface area (Å²) < 4.78 is 0.676. The molecule has 2 heterocycles. The number of thiophene rings is 1. The molecule has 8 heteroatoms. The predicted octanol–water partition coefficient (Wildman–Crippen LogP) is 3.21. The van der Waals surface area contributed by atoms with E-state index in [1.807, 2.05) is 19.2 Å². The Bertz CT molecular complexity index is 641. The van der Waals surface area contributed by atoms with Crippen molar-refractivity contribution in [1.29, 1.82) is 0 Å². The third-order valence-electron chi connectivity index (χ3n) is 3.05. The number of nitrogens with one attached hydrogen (secondary N) is 2. The van der Waals surface area contributed by atoms with Crippen LogP contribution in [0.2, 0.25) is 4.34 Å². The lowest BCUT2D eigenvalue weighted by Gasteiger charge is -2.14. The molecule has 0 aliphatic heterocycles. The minimum absolute atomic E-state index is 0.376. The van der Waals surface area contributed by atoms with Crippen LogP contribution in [0.25, 0.3) is 0 Å². The number of aromatic nitrogens is 1. The molecule has 5 nitrogen and oxygen atoms in total. The summed E-state index contributed by atoms with van der Waals surface area (Å²) in [6.07, 6.45) is 2.29. The monoisotopic (exact) mass is 372 g/mol. The lowest BCUT2D eigenvalue weighted by molar-refractivity contribution is 0.184. The van der Waals surface area contributed by atoms with E-state index in [-0.39, 0.29) is 0 Å². The number of aliphatic hydroxyl groups is 1. The highest BCUT2D eigenvalue weighted by atomic mass is 35.5. The van der Waals surface area contributed by atoms with Gasteiger partial charge in [0, 0.05) is 29.0 Å². The molecule has 0 radical (unpaired) electrons. The maximum atomic E-state index is 10.2. The lowest BCUT2D eigenvalue weighted by atomic mass is 10.3. The number of aliphatic imine (C=N–C) groups is 1. The average molecular weight is 373 g/mol. The fourth-order valence-electron chi connectivity index (χ4n) is 1.87. The number of rotatable bonds is 7. The van der Waals surface area contributed by atoms with Crippen LogP contribution < -0.4 is 10.6 Å². The highest BCUT2D eigenvalue weighted by molar-refractivity contribution is 7.16. The van der Waals surface area contributed by atoms with Crippen molar-refractivity contribution in [2.24, 2.45) is 4.99 Å². The number of aryl methyl sites for hydroxylation is 1. The van der Waals surface area contributed by atoms with Gasteiger partial charge in [0.2, 0.25) is 0 Å². The molecule has 0 amide bonds. The molecular formula is C15H21ClN4OS2. The second-order valence-corrected chi connectivity index (χ2v) is 7.75. The minimum Gasteiger partial charge on any atom is -0.386 e. The zero-order valence-corrected chi connectivity index (χ0v) is 15.6. The zero-order valence-electron chi connectivity index (χ0n) is 13.2. The summed E-state index contributed by atoms with van der Waals surface area (Å²) in [4.78, 5) is 11.0. The van der Waals surface area contributed by atoms with Gasteiger partial charge in [0.15, 0.2) is 5.96 Å². The van der Waals surface area contributed by atoms with Gasteiger partial charge in [-0.3, -0.25) is 0 Å². The van der Waals surface area contributed by atoms with Crippen LogP contribution in [0.4, 0.5) is 0 Å². The van der Waals surface area contributed by atoms with E-state index in [1.165, 1.54) is 16.2 Å². The third kappa shape index (κ3) is 5.76. The molecule has 0 saturated heterocycles. The van der Waals surface area contributed by atoms with Crippen molar-refractivity contribution in [2.75, 3.05) is 13.1 Å². The first-order valence-electron chi connectivity index (χ1n) is 7.51. The van der Waals surface area contributed by atoms with Gasteiger partial charge < -0.3 is 15.7 Å². The van der Waals surface area contributed by atoms with Gasteiger partial charge in [0.1, 0.15) is 11.1 Å². The maximum absolute atomic E-state index is 10.2. The van der Waals surface area contributed by atoms with Gasteiger partial charge in [-0.15, -0.1) is 22.7 Å². The van der Waals surface area contributed by atoms with Crippen molar-refractivity contribution in [3.05, 3.63) is 37.4 Å². The Morgan fingerprint density at radius 1 is 1.35 bits per heavy atom. The minimum atomic E-state index is -0.608. The van der Waals surface area contributed by atoms with Crippen LogP contribution in [-0.4, -0.2) is 29.1 Å². The molecule has 1 unspecified atom stereocenters. The zero-order chi connectivity index (χ0) is 16.7. The van der Waals surface area contributed by atoms with Crippen LogP contribution >= 0.6 is 34.3 Å². The fourth-order valence-corrected chi connectivity index (χ4v) is 3.71. The summed E-state index contributed by atoms with van der Waals surface area (Å²) in [5.74, 6) is 0.669. The molecule has 2 aromatic rings. The predicted molar refractivity (Wildman–Crippen MR) is 98.6 cm³/mol. The largest absolute Gasteiger partial charge is 0.386 e. The van der Waals surface area contributed by atoms with E-state index in [1.54, 1.807) is 17.4 Å². The van der Waals surface area contributed by atoms with Crippen molar-refractivity contribution in [1.82, 2.24) is 15.6 Å². The van der Waals surface area contributed by atoms with Crippen molar-refractivity contribution in [3.8, 4) is 0 Å². The molecule has 0 aliphatic rings. The Balaban J connectivity index is 1.90. The van der Waals surface area contributed by atoms with Crippen LogP contribution in [0, 0.1) is 0 Å². The molecule has 2 aromatic heterocycles. The van der Waals surface area contributed by atoms with Gasteiger partial charge in [-0.05, 0) is 25.5 Å². The first-order chi connectivity index (χ1) is 11.1. The lowest BCUT2D eigenvalue weighted by Crippen LogP contribution is -2.39. The average Bonchev–Trinajstić information content (AvgIpc) is 3.18. The van der Waals surface area contributed by atoms with Gasteiger partial charge in [-0.2, -0.15) is 0 Å². The van der Waals surface area contributed by atoms with Crippen LogP contribution in [0.5, 0.6) is 0 Å². The summed E-state index contributed by atoms with van der Waals surface area (Å²) in [7, 11) is 0. The number of halogens is 1. The number of aliphatic hydroxyl groups excluding tert-OH is 1. The first-order valence-corrected chi connectivity index (χ1v) is 9.52. The Labute approximate surface area is 149 Å². The summed E-state index contributed by atoms with van der Waals surface area (Å²) in [5.41, 5.74) is 0. The number of hydrogen-bond donors (Lipinski definition) is 3. The molecule has 0 fully saturated rings. The summed E-state index contributed by atoms with van der Waals surface area (Å²) in [5, 5.41) is 17.5. The molecule has 0 aromatic carbocycles. The van der Waals surface area contributed by atoms with E-state index < -0.39 is 6.10 Å². The highest BCUT2D eigenvalue weighted by Crippen LogP contribution is 2.26. The van der Waals surface area contributed by atoms with Crippen molar-refractivity contribution >= 4 is 40.2 Å². The van der Waals surface area contributed by atoms with E-state index in [0.717, 1.165) is 22.9 Å². The number of guanidine groups is 1. The van der Waals surface area contributed by atoms with Crippen molar-refractivity contribution in [3.63, 3.8) is 0 Å². The molecule has 0 saturated carbocycles. The maximum Gasteiger partial charge on any atom is 0.191 e. The molecule has 1 atom stereocenters. The van der Waals surface area contributed by atoms with Crippen LogP contribution in [0.3, 0.4) is 0 Å². The Kier molecular flexibility index (Phi) is 7.29. The highest BCUT2D eigenvalue weighted by Gasteiger charge is 2.11. The number of thiazole rings is 1. The van der Waals surface area contributed by atoms with Crippen LogP contribution in [-0.2, 0) is 13.0 Å². The molecular weight excluding hydrogens is 352 g/mol. The smallest absolute Gasteiger partial charge is 0.191 e. The standard InChI is InChI=1S/C15H21ClN4OS2/c1-3-10-7-18-14(22-10)9-20-15(17-4-2)19-8-11(21)12-5-6-13(16)23-12/h5-7,11,21H,3-4,8-9H2,1-2H3,(H2,17,19,20). The quantitative estimate of drug-likeness (QED) is 0.515. The van der Waals surface area contributed by atoms with Gasteiger partial charge in [-0.1, -0.05) is 18.5 Å². The number of hydrogen-bond acceptors (Lipinski definition) is 5. The van der Waals surface area contributed by atoms with Gasteiger partial charge in [-0.25, -0.2) is 9.98 Å². The second-order valence-electron chi connectivity index (χ2n) is 4.81. The Morgan fingerprint density at radius 3 is 2.78 bits per heavy atom. The topological polar surface area (TPSA) is 69.5 Å². The number of nitrogens with zero attached hydrogens (tertiary/aromatic N) is 2. The van der Waals surface area contributed by atoms with Gasteiger partial charge in [0.05, 0.1) is 10.9 Å². The summed E-state index contributed by atoms with van der Waals surface area (Å²) in [6, 6.07) is 3.63. The SMILES string of the molecule is CCNC(=NCc1ncc(CC)s1)NCC(O)c1ccc(Cl)s1.